The molecule has 1 aliphatic heterocycles. The van der Waals surface area contributed by atoms with Crippen LogP contribution in [0.25, 0.3) is 21.3 Å². The third kappa shape index (κ3) is 4.93. The Hall–Kier alpha value is -3.65. The second kappa shape index (κ2) is 9.92. The maximum absolute atomic E-state index is 13.0. The van der Waals surface area contributed by atoms with Crippen molar-refractivity contribution in [3.8, 4) is 11.1 Å². The van der Waals surface area contributed by atoms with Crippen molar-refractivity contribution in [2.45, 2.75) is 19.4 Å². The number of piperidine rings is 1. The van der Waals surface area contributed by atoms with Crippen LogP contribution < -0.4 is 20.7 Å². The van der Waals surface area contributed by atoms with E-state index in [9.17, 15) is 9.59 Å². The molecule has 1 aliphatic rings. The summed E-state index contributed by atoms with van der Waals surface area (Å²) < 4.78 is 0.624. The highest BCUT2D eigenvalue weighted by atomic mass is 32.1. The fourth-order valence-corrected chi connectivity index (χ4v) is 5.43. The summed E-state index contributed by atoms with van der Waals surface area (Å²) in [7, 11) is 4.01. The van der Waals surface area contributed by atoms with Crippen molar-refractivity contribution in [3.63, 3.8) is 0 Å². The monoisotopic (exact) mass is 487 g/mol. The Kier molecular flexibility index (Phi) is 6.55. The number of hydrogen-bond donors (Lipinski definition) is 2. The maximum atomic E-state index is 13.0. The molecule has 0 saturated carbocycles. The van der Waals surface area contributed by atoms with Gasteiger partial charge in [-0.3, -0.25) is 14.6 Å². The van der Waals surface area contributed by atoms with Crippen LogP contribution in [0.5, 0.6) is 0 Å². The number of thiophene rings is 1. The van der Waals surface area contributed by atoms with Crippen molar-refractivity contribution in [2.24, 2.45) is 5.92 Å². The van der Waals surface area contributed by atoms with Gasteiger partial charge in [0.2, 0.25) is 11.9 Å². The molecule has 1 fully saturated rings. The van der Waals surface area contributed by atoms with Crippen LogP contribution in [0, 0.1) is 5.92 Å². The van der Waals surface area contributed by atoms with E-state index in [1.807, 2.05) is 71.7 Å². The van der Waals surface area contributed by atoms with E-state index in [1.165, 1.54) is 11.3 Å². The molecule has 35 heavy (non-hydrogen) atoms. The van der Waals surface area contributed by atoms with Crippen molar-refractivity contribution in [1.82, 2.24) is 15.3 Å². The number of rotatable bonds is 6. The van der Waals surface area contributed by atoms with Gasteiger partial charge < -0.3 is 15.1 Å². The Morgan fingerprint density at radius 3 is 2.69 bits per heavy atom. The summed E-state index contributed by atoms with van der Waals surface area (Å²) in [4.78, 5) is 37.7. The van der Waals surface area contributed by atoms with Crippen LogP contribution in [0.3, 0.4) is 0 Å². The van der Waals surface area contributed by atoms with E-state index in [0.29, 0.717) is 29.3 Å². The van der Waals surface area contributed by atoms with Crippen LogP contribution in [-0.4, -0.2) is 43.1 Å². The first kappa shape index (κ1) is 23.1. The first-order chi connectivity index (χ1) is 17.0. The number of hydrogen-bond acceptors (Lipinski definition) is 6. The Morgan fingerprint density at radius 2 is 1.94 bits per heavy atom. The van der Waals surface area contributed by atoms with Gasteiger partial charge in [-0.1, -0.05) is 42.5 Å². The lowest BCUT2D eigenvalue weighted by Gasteiger charge is -2.32. The van der Waals surface area contributed by atoms with Gasteiger partial charge in [0, 0.05) is 50.4 Å². The lowest BCUT2D eigenvalue weighted by atomic mass is 9.97. The van der Waals surface area contributed by atoms with E-state index in [2.05, 4.69) is 22.4 Å². The molecular weight excluding hydrogens is 458 g/mol. The molecule has 1 amide bonds. The number of amides is 1. The molecular formula is C27H29N5O2S. The number of carbonyl (C=O) groups is 1. The molecule has 4 aromatic rings. The van der Waals surface area contributed by atoms with Crippen molar-refractivity contribution in [2.75, 3.05) is 37.0 Å². The highest BCUT2D eigenvalue weighted by molar-refractivity contribution is 7.17. The molecule has 2 aromatic carbocycles. The molecule has 0 unspecified atom stereocenters. The zero-order chi connectivity index (χ0) is 24.4. The van der Waals surface area contributed by atoms with Gasteiger partial charge >= 0.3 is 0 Å². The number of fused-ring (bicyclic) bond motifs is 1. The van der Waals surface area contributed by atoms with Crippen LogP contribution in [0.2, 0.25) is 0 Å². The summed E-state index contributed by atoms with van der Waals surface area (Å²) in [5, 5.41) is 5.08. The Labute approximate surface area is 208 Å². The van der Waals surface area contributed by atoms with E-state index in [4.69, 9.17) is 4.98 Å². The molecule has 8 heteroatoms. The van der Waals surface area contributed by atoms with Gasteiger partial charge in [0.05, 0.1) is 11.4 Å². The Morgan fingerprint density at radius 1 is 1.17 bits per heavy atom. The first-order valence-corrected chi connectivity index (χ1v) is 12.7. The summed E-state index contributed by atoms with van der Waals surface area (Å²) in [5.41, 5.74) is 4.78. The number of nitrogens with zero attached hydrogens (tertiary/aromatic N) is 3. The summed E-state index contributed by atoms with van der Waals surface area (Å²) in [6.45, 7) is 1.79. The number of H-pyrrole nitrogens is 1. The lowest BCUT2D eigenvalue weighted by molar-refractivity contribution is -0.125. The summed E-state index contributed by atoms with van der Waals surface area (Å²) >= 11 is 1.41. The van der Waals surface area contributed by atoms with Crippen LogP contribution in [0.1, 0.15) is 18.4 Å². The van der Waals surface area contributed by atoms with E-state index >= 15 is 0 Å². The second-order valence-corrected chi connectivity index (χ2v) is 10.0. The Balaban J connectivity index is 1.30. The fraction of sp³-hybridized carbons (Fsp3) is 0.296. The third-order valence-electron chi connectivity index (χ3n) is 6.51. The molecule has 3 heterocycles. The zero-order valence-corrected chi connectivity index (χ0v) is 20.8. The molecule has 2 aromatic heterocycles. The van der Waals surface area contributed by atoms with Crippen molar-refractivity contribution in [1.29, 1.82) is 0 Å². The predicted octanol–water partition coefficient (Wildman–Crippen LogP) is 4.25. The number of anilines is 2. The second-order valence-electron chi connectivity index (χ2n) is 9.15. The number of nitrogens with one attached hydrogen (secondary N) is 2. The van der Waals surface area contributed by atoms with Crippen molar-refractivity contribution < 1.29 is 4.79 Å². The van der Waals surface area contributed by atoms with Gasteiger partial charge in [-0.05, 0) is 36.1 Å². The summed E-state index contributed by atoms with van der Waals surface area (Å²) in [6.07, 6.45) is 1.69. The molecule has 0 bridgehead atoms. The van der Waals surface area contributed by atoms with E-state index in [-0.39, 0.29) is 17.4 Å². The normalized spacial score (nSPS) is 15.8. The minimum absolute atomic E-state index is 0.0373. The smallest absolute Gasteiger partial charge is 0.270 e. The molecule has 7 nitrogen and oxygen atoms in total. The largest absolute Gasteiger partial charge is 0.378 e. The lowest BCUT2D eigenvalue weighted by Crippen LogP contribution is -2.44. The quantitative estimate of drug-likeness (QED) is 0.425. The number of benzene rings is 2. The van der Waals surface area contributed by atoms with Gasteiger partial charge in [-0.2, -0.15) is 0 Å². The minimum atomic E-state index is -0.151. The summed E-state index contributed by atoms with van der Waals surface area (Å²) in [5.74, 6) is 0.423. The zero-order valence-electron chi connectivity index (χ0n) is 20.0. The number of aromatic amines is 1. The molecule has 2 N–H and O–H groups in total. The SMILES string of the molecule is CN(C)c1ccc(CNC(=O)[C@@H]2CCCN(c3nc4c(-c5ccccc5)csc4c(=O)[nH]3)C2)cc1. The molecule has 1 atom stereocenters. The predicted molar refractivity (Wildman–Crippen MR) is 143 cm³/mol. The Bertz CT molecular complexity index is 1380. The van der Waals surface area contributed by atoms with Crippen LogP contribution in [0.15, 0.2) is 64.8 Å². The topological polar surface area (TPSA) is 81.3 Å². The van der Waals surface area contributed by atoms with Crippen molar-refractivity contribution in [3.05, 3.63) is 75.9 Å². The van der Waals surface area contributed by atoms with E-state index in [0.717, 1.165) is 41.8 Å². The maximum Gasteiger partial charge on any atom is 0.270 e. The van der Waals surface area contributed by atoms with E-state index < -0.39 is 0 Å². The third-order valence-corrected chi connectivity index (χ3v) is 7.48. The van der Waals surface area contributed by atoms with Gasteiger partial charge in [-0.15, -0.1) is 11.3 Å². The summed E-state index contributed by atoms with van der Waals surface area (Å²) in [6, 6.07) is 18.2. The average molecular weight is 488 g/mol. The number of carbonyl (C=O) groups excluding carboxylic acids is 1. The first-order valence-electron chi connectivity index (χ1n) is 11.9. The fourth-order valence-electron chi connectivity index (χ4n) is 4.52. The van der Waals surface area contributed by atoms with Gasteiger partial charge in [-0.25, -0.2) is 4.98 Å². The molecule has 1 saturated heterocycles. The van der Waals surface area contributed by atoms with Gasteiger partial charge in [0.25, 0.3) is 5.56 Å². The average Bonchev–Trinajstić information content (AvgIpc) is 3.33. The van der Waals surface area contributed by atoms with Crippen LogP contribution in [-0.2, 0) is 11.3 Å². The van der Waals surface area contributed by atoms with Gasteiger partial charge in [0.1, 0.15) is 4.70 Å². The van der Waals surface area contributed by atoms with Crippen molar-refractivity contribution >= 4 is 39.1 Å². The highest BCUT2D eigenvalue weighted by Crippen LogP contribution is 2.32. The molecule has 0 radical (unpaired) electrons. The van der Waals surface area contributed by atoms with E-state index in [1.54, 1.807) is 0 Å². The molecule has 0 spiro atoms. The molecule has 0 aliphatic carbocycles. The van der Waals surface area contributed by atoms with Crippen LogP contribution >= 0.6 is 11.3 Å². The van der Waals surface area contributed by atoms with Crippen LogP contribution in [0.4, 0.5) is 11.6 Å². The van der Waals surface area contributed by atoms with Gasteiger partial charge in [0.15, 0.2) is 0 Å². The standard InChI is InChI=1S/C27H29N5O2S/c1-31(2)21-12-10-18(11-13-21)15-28-25(33)20-9-6-14-32(16-20)27-29-23-22(19-7-4-3-5-8-19)17-35-24(23)26(34)30-27/h3-5,7-8,10-13,17,20H,6,9,14-16H2,1-2H3,(H,28,33)(H,29,30,34)/t20-/m1/s1. The minimum Gasteiger partial charge on any atom is -0.378 e. The highest BCUT2D eigenvalue weighted by Gasteiger charge is 2.27. The molecule has 5 rings (SSSR count). The molecule has 180 valence electrons. The number of aromatic nitrogens is 2.